The average Bonchev–Trinajstić information content (AvgIpc) is 3.97. The number of para-hydroxylation sites is 1. The number of nitrogens with two attached hydrogens (primary N) is 2. The number of azo groups is 1. The van der Waals surface area contributed by atoms with Crippen LogP contribution in [-0.2, 0) is 35.3 Å². The van der Waals surface area contributed by atoms with Gasteiger partial charge in [0.1, 0.15) is 30.8 Å². The maximum absolute atomic E-state index is 13.6. The van der Waals surface area contributed by atoms with E-state index in [4.69, 9.17) is 16.2 Å². The molecule has 0 aliphatic carbocycles. The van der Waals surface area contributed by atoms with E-state index in [9.17, 15) is 28.8 Å². The highest BCUT2D eigenvalue weighted by atomic mass is 16.6. The molecule has 3 aromatic carbocycles. The third kappa shape index (κ3) is 14.1. The quantitative estimate of drug-likeness (QED) is 0.0440. The third-order valence-corrected chi connectivity index (χ3v) is 10.4. The molecule has 2 aliphatic heterocycles. The van der Waals surface area contributed by atoms with Crippen molar-refractivity contribution in [1.29, 1.82) is 0 Å². The van der Waals surface area contributed by atoms with E-state index in [-0.39, 0.29) is 44.4 Å². The lowest BCUT2D eigenvalue weighted by atomic mass is 10.0. The molecular formula is C44H57N11O7. The summed E-state index contributed by atoms with van der Waals surface area (Å²) in [5, 5.41) is 19.5. The van der Waals surface area contributed by atoms with Crippen molar-refractivity contribution in [3.63, 3.8) is 0 Å². The summed E-state index contributed by atoms with van der Waals surface area (Å²) in [4.78, 5) is 87.5. The van der Waals surface area contributed by atoms with Crippen LogP contribution in [0.15, 0.2) is 100 Å². The molecule has 2 saturated heterocycles. The second kappa shape index (κ2) is 23.2. The highest BCUT2D eigenvalue weighted by Crippen LogP contribution is 2.23. The number of carbonyl (C=O) groups excluding carboxylic acids is 6. The number of anilines is 1. The van der Waals surface area contributed by atoms with Gasteiger partial charge in [-0.05, 0) is 92.8 Å². The van der Waals surface area contributed by atoms with Gasteiger partial charge in [-0.25, -0.2) is 4.79 Å². The van der Waals surface area contributed by atoms with Gasteiger partial charge in [0, 0.05) is 25.3 Å². The first-order valence-electron chi connectivity index (χ1n) is 21.0. The number of ether oxygens (including phenoxy) is 1. The lowest BCUT2D eigenvalue weighted by molar-refractivity contribution is -0.139. The molecule has 0 spiro atoms. The van der Waals surface area contributed by atoms with Crippen LogP contribution in [0.3, 0.4) is 0 Å². The van der Waals surface area contributed by atoms with Crippen molar-refractivity contribution < 1.29 is 33.5 Å². The average molecular weight is 852 g/mol. The number of nitrogens with zero attached hydrogens (tertiary/aromatic N) is 5. The number of carbonyl (C=O) groups is 6. The molecule has 330 valence electrons. The molecule has 8 N–H and O–H groups in total. The second-order valence-electron chi connectivity index (χ2n) is 15.6. The van der Waals surface area contributed by atoms with E-state index < -0.39 is 66.3 Å². The summed E-state index contributed by atoms with van der Waals surface area (Å²) in [5.41, 5.74) is 13.5. The topological polar surface area (TPSA) is 255 Å². The molecule has 4 atom stereocenters. The molecule has 0 radical (unpaired) electrons. The van der Waals surface area contributed by atoms with Crippen molar-refractivity contribution >= 4 is 58.7 Å². The monoisotopic (exact) mass is 851 g/mol. The number of hydrogen-bond donors (Lipinski definition) is 6. The summed E-state index contributed by atoms with van der Waals surface area (Å²) in [6, 6.07) is 21.6. The number of hydrogen-bond acceptors (Lipinski definition) is 10. The standard InChI is InChI=1S/C44H57N11O7/c1-29(2)26-35(51-42(60)37-18-11-25-55(37)44(61)62-28-30-19-21-33(22-20-30)53-52-32-14-7-4-8-15-32)39(57)48-27-38(56)54-24-10-17-36(54)41(59)50-34(16-9-23-47-43(45)46)40(58)49-31-12-5-3-6-13-31/h3-8,12-15,19-22,29,34-37H,9-11,16-18,23-28H2,1-2H3,(H,48,57)(H,49,58)(H,50,59)(H,51,60)(H4,45,46,47)/t34-,35+,36+,37+/m1/s1. The molecule has 0 bridgehead atoms. The predicted octanol–water partition coefficient (Wildman–Crippen LogP) is 4.02. The SMILES string of the molecule is CC(C)C[C@H](NC(=O)[C@@H]1CCCN1C(=O)OCc1ccc(N=Nc2ccccc2)cc1)C(=O)NCC(=O)N1CCC[C@H]1C(=O)N[C@H](CCCN=C(N)N)C(=O)Nc1ccccc1. The van der Waals surface area contributed by atoms with Gasteiger partial charge in [0.05, 0.1) is 17.9 Å². The van der Waals surface area contributed by atoms with E-state index in [2.05, 4.69) is 36.5 Å². The Labute approximate surface area is 361 Å². The smallest absolute Gasteiger partial charge is 0.410 e. The van der Waals surface area contributed by atoms with E-state index >= 15 is 0 Å². The Morgan fingerprint density at radius 3 is 1.95 bits per heavy atom. The van der Waals surface area contributed by atoms with Gasteiger partial charge in [-0.3, -0.25) is 33.9 Å². The molecule has 0 saturated carbocycles. The summed E-state index contributed by atoms with van der Waals surface area (Å²) in [5.74, 6) is -2.57. The summed E-state index contributed by atoms with van der Waals surface area (Å²) in [7, 11) is 0. The summed E-state index contributed by atoms with van der Waals surface area (Å²) >= 11 is 0. The molecule has 0 unspecified atom stereocenters. The van der Waals surface area contributed by atoms with Crippen LogP contribution in [0.1, 0.15) is 64.4 Å². The van der Waals surface area contributed by atoms with Crippen LogP contribution in [0.4, 0.5) is 21.9 Å². The van der Waals surface area contributed by atoms with Crippen LogP contribution in [0.25, 0.3) is 0 Å². The van der Waals surface area contributed by atoms with Gasteiger partial charge in [0.25, 0.3) is 0 Å². The zero-order chi connectivity index (χ0) is 44.4. The van der Waals surface area contributed by atoms with Crippen molar-refractivity contribution in [2.45, 2.75) is 89.6 Å². The molecule has 2 fully saturated rings. The van der Waals surface area contributed by atoms with Crippen LogP contribution >= 0.6 is 0 Å². The van der Waals surface area contributed by atoms with E-state index in [0.717, 1.165) is 11.3 Å². The Balaban J connectivity index is 1.12. The molecule has 0 aromatic heterocycles. The number of aliphatic imine (C=N–C) groups is 1. The summed E-state index contributed by atoms with van der Waals surface area (Å²) < 4.78 is 5.57. The first-order valence-corrected chi connectivity index (χ1v) is 21.0. The van der Waals surface area contributed by atoms with Gasteiger partial charge < -0.3 is 42.4 Å². The normalized spacial score (nSPS) is 17.0. The minimum atomic E-state index is -0.994. The summed E-state index contributed by atoms with van der Waals surface area (Å²) in [6.07, 6.45) is 2.14. The predicted molar refractivity (Wildman–Crippen MR) is 233 cm³/mol. The fourth-order valence-electron chi connectivity index (χ4n) is 7.24. The van der Waals surface area contributed by atoms with Crippen LogP contribution in [0.5, 0.6) is 0 Å². The van der Waals surface area contributed by atoms with Gasteiger partial charge in [0.15, 0.2) is 5.96 Å². The lowest BCUT2D eigenvalue weighted by Gasteiger charge is -2.28. The number of amides is 6. The Hall–Kier alpha value is -6.85. The molecule has 6 amide bonds. The second-order valence-corrected chi connectivity index (χ2v) is 15.6. The van der Waals surface area contributed by atoms with E-state index in [1.165, 1.54) is 9.80 Å². The van der Waals surface area contributed by atoms with E-state index in [1.54, 1.807) is 48.5 Å². The molecule has 18 nitrogen and oxygen atoms in total. The largest absolute Gasteiger partial charge is 0.445 e. The Morgan fingerprint density at radius 2 is 1.32 bits per heavy atom. The fourth-order valence-corrected chi connectivity index (χ4v) is 7.24. The zero-order valence-corrected chi connectivity index (χ0v) is 35.2. The molecule has 18 heteroatoms. The Bertz CT molecular complexity index is 2040. The number of likely N-dealkylation sites (tertiary alicyclic amines) is 2. The van der Waals surface area contributed by atoms with Gasteiger partial charge in [-0.15, -0.1) is 0 Å². The van der Waals surface area contributed by atoms with Gasteiger partial charge >= 0.3 is 6.09 Å². The first kappa shape index (κ1) is 46.2. The van der Waals surface area contributed by atoms with Crippen molar-refractivity contribution in [3.8, 4) is 0 Å². The number of rotatable bonds is 19. The number of benzene rings is 3. The van der Waals surface area contributed by atoms with Gasteiger partial charge in [-0.2, -0.15) is 10.2 Å². The maximum atomic E-state index is 13.6. The maximum Gasteiger partial charge on any atom is 0.410 e. The fraction of sp³-hybridized carbons (Fsp3) is 0.432. The first-order chi connectivity index (χ1) is 29.9. The van der Waals surface area contributed by atoms with Crippen molar-refractivity contribution in [1.82, 2.24) is 25.8 Å². The van der Waals surface area contributed by atoms with Crippen LogP contribution in [-0.4, -0.2) is 102 Å². The third-order valence-electron chi connectivity index (χ3n) is 10.4. The lowest BCUT2D eigenvalue weighted by Crippen LogP contribution is -2.55. The van der Waals surface area contributed by atoms with Crippen molar-refractivity contribution in [3.05, 3.63) is 90.5 Å². The van der Waals surface area contributed by atoms with E-state index in [1.807, 2.05) is 50.2 Å². The zero-order valence-electron chi connectivity index (χ0n) is 35.2. The summed E-state index contributed by atoms with van der Waals surface area (Å²) in [6.45, 7) is 4.22. The van der Waals surface area contributed by atoms with E-state index in [0.29, 0.717) is 50.0 Å². The Kier molecular flexibility index (Phi) is 17.3. The molecule has 5 rings (SSSR count). The highest BCUT2D eigenvalue weighted by Gasteiger charge is 2.38. The minimum Gasteiger partial charge on any atom is -0.445 e. The highest BCUT2D eigenvalue weighted by molar-refractivity contribution is 5.99. The Morgan fingerprint density at radius 1 is 0.742 bits per heavy atom. The van der Waals surface area contributed by atoms with Gasteiger partial charge in [-0.1, -0.05) is 62.4 Å². The molecule has 3 aromatic rings. The molecular weight excluding hydrogens is 795 g/mol. The van der Waals surface area contributed by atoms with Crippen molar-refractivity contribution in [2.24, 2.45) is 32.6 Å². The van der Waals surface area contributed by atoms with Gasteiger partial charge in [0.2, 0.25) is 29.5 Å². The van der Waals surface area contributed by atoms with Crippen molar-refractivity contribution in [2.75, 3.05) is 31.5 Å². The van der Waals surface area contributed by atoms with Crippen LogP contribution in [0.2, 0.25) is 0 Å². The number of guanidine groups is 1. The molecule has 62 heavy (non-hydrogen) atoms. The van der Waals surface area contributed by atoms with Crippen LogP contribution in [0, 0.1) is 5.92 Å². The molecule has 2 heterocycles. The minimum absolute atomic E-state index is 0.00393. The number of nitrogens with one attached hydrogen (secondary N) is 4. The molecule has 2 aliphatic rings. The van der Waals surface area contributed by atoms with Crippen LogP contribution < -0.4 is 32.7 Å².